The van der Waals surface area contributed by atoms with E-state index in [0.29, 0.717) is 12.6 Å². The minimum atomic E-state index is -3.82. The number of hydrogen-bond acceptors (Lipinski definition) is 4. The van der Waals surface area contributed by atoms with Gasteiger partial charge in [-0.2, -0.15) is 8.42 Å². The molecule has 0 atom stereocenters. The third-order valence-corrected chi connectivity index (χ3v) is 2.73. The first-order valence-corrected chi connectivity index (χ1v) is 5.95. The molecule has 0 unspecified atom stereocenters. The van der Waals surface area contributed by atoms with Gasteiger partial charge in [0.2, 0.25) is 0 Å². The Kier molecular flexibility index (Phi) is 4.11. The molecule has 0 radical (unpaired) electrons. The summed E-state index contributed by atoms with van der Waals surface area (Å²) in [6.45, 7) is 1.76. The molecule has 0 amide bonds. The molecule has 5 nitrogen and oxygen atoms in total. The Morgan fingerprint density at radius 3 is 2.54 bits per heavy atom. The maximum absolute atomic E-state index is 10.4. The van der Waals surface area contributed by atoms with Gasteiger partial charge in [-0.15, -0.1) is 0 Å². The SMILES string of the molecule is O=S(=O)(O)CCNC1CCOCC1. The van der Waals surface area contributed by atoms with E-state index in [-0.39, 0.29) is 5.75 Å². The molecule has 6 heteroatoms. The Morgan fingerprint density at radius 2 is 2.00 bits per heavy atom. The standard InChI is InChI=1S/C7H15NO4S/c9-13(10,11)6-3-8-7-1-4-12-5-2-7/h7-8H,1-6H2,(H,9,10,11). The Hall–Kier alpha value is -0.170. The van der Waals surface area contributed by atoms with Crippen molar-refractivity contribution in [2.45, 2.75) is 18.9 Å². The molecule has 1 aliphatic heterocycles. The van der Waals surface area contributed by atoms with Crippen molar-refractivity contribution in [1.29, 1.82) is 0 Å². The van der Waals surface area contributed by atoms with E-state index in [1.165, 1.54) is 0 Å². The molecule has 0 saturated carbocycles. The zero-order valence-corrected chi connectivity index (χ0v) is 8.22. The summed E-state index contributed by atoms with van der Waals surface area (Å²) >= 11 is 0. The first kappa shape index (κ1) is 10.9. The van der Waals surface area contributed by atoms with Gasteiger partial charge in [-0.05, 0) is 12.8 Å². The Labute approximate surface area is 78.2 Å². The minimum absolute atomic E-state index is 0.218. The third kappa shape index (κ3) is 5.20. The zero-order chi connectivity index (χ0) is 9.73. The molecular weight excluding hydrogens is 194 g/mol. The quantitative estimate of drug-likeness (QED) is 0.619. The average Bonchev–Trinajstić information content (AvgIpc) is 2.04. The van der Waals surface area contributed by atoms with Crippen LogP contribution in [-0.4, -0.2) is 44.5 Å². The molecule has 2 N–H and O–H groups in total. The van der Waals surface area contributed by atoms with Crippen LogP contribution in [0.25, 0.3) is 0 Å². The van der Waals surface area contributed by atoms with Crippen LogP contribution in [0.15, 0.2) is 0 Å². The first-order chi connectivity index (χ1) is 6.08. The van der Waals surface area contributed by atoms with Gasteiger partial charge in [-0.25, -0.2) is 0 Å². The molecular formula is C7H15NO4S. The van der Waals surface area contributed by atoms with Crippen LogP contribution in [0.1, 0.15) is 12.8 Å². The van der Waals surface area contributed by atoms with Gasteiger partial charge in [0.1, 0.15) is 0 Å². The summed E-state index contributed by atoms with van der Waals surface area (Å²) in [5.74, 6) is -0.218. The van der Waals surface area contributed by atoms with Crippen LogP contribution in [-0.2, 0) is 14.9 Å². The van der Waals surface area contributed by atoms with E-state index in [1.54, 1.807) is 0 Å². The fourth-order valence-corrected chi connectivity index (χ4v) is 1.67. The summed E-state index contributed by atoms with van der Waals surface area (Å²) in [5.41, 5.74) is 0. The molecule has 0 bridgehead atoms. The van der Waals surface area contributed by atoms with Gasteiger partial charge >= 0.3 is 0 Å². The molecule has 1 fully saturated rings. The molecule has 0 spiro atoms. The zero-order valence-electron chi connectivity index (χ0n) is 7.40. The summed E-state index contributed by atoms with van der Waals surface area (Å²) < 4.78 is 34.3. The van der Waals surface area contributed by atoms with Crippen LogP contribution in [0, 0.1) is 0 Å². The van der Waals surface area contributed by atoms with Crippen molar-refractivity contribution in [3.8, 4) is 0 Å². The van der Waals surface area contributed by atoms with Crippen molar-refractivity contribution in [2.24, 2.45) is 0 Å². The lowest BCUT2D eigenvalue weighted by molar-refractivity contribution is 0.0785. The molecule has 0 aromatic heterocycles. The summed E-state index contributed by atoms with van der Waals surface area (Å²) in [6, 6.07) is 0.329. The Balaban J connectivity index is 2.11. The monoisotopic (exact) mass is 209 g/mol. The number of nitrogens with one attached hydrogen (secondary N) is 1. The Morgan fingerprint density at radius 1 is 1.38 bits per heavy atom. The largest absolute Gasteiger partial charge is 0.381 e. The predicted octanol–water partition coefficient (Wildman–Crippen LogP) is -0.357. The normalized spacial score (nSPS) is 20.4. The molecule has 13 heavy (non-hydrogen) atoms. The third-order valence-electron chi connectivity index (χ3n) is 2.01. The van der Waals surface area contributed by atoms with Crippen molar-refractivity contribution in [3.63, 3.8) is 0 Å². The van der Waals surface area contributed by atoms with Gasteiger partial charge in [0.05, 0.1) is 5.75 Å². The van der Waals surface area contributed by atoms with E-state index in [9.17, 15) is 8.42 Å². The lowest BCUT2D eigenvalue weighted by Gasteiger charge is -2.22. The van der Waals surface area contributed by atoms with Crippen molar-refractivity contribution in [2.75, 3.05) is 25.5 Å². The second-order valence-corrected chi connectivity index (χ2v) is 4.70. The van der Waals surface area contributed by atoms with Crippen LogP contribution in [0.3, 0.4) is 0 Å². The first-order valence-electron chi connectivity index (χ1n) is 4.34. The van der Waals surface area contributed by atoms with E-state index < -0.39 is 10.1 Å². The maximum Gasteiger partial charge on any atom is 0.266 e. The molecule has 1 saturated heterocycles. The molecule has 1 rings (SSSR count). The highest BCUT2D eigenvalue weighted by Gasteiger charge is 2.13. The van der Waals surface area contributed by atoms with Crippen LogP contribution in [0.2, 0.25) is 0 Å². The molecule has 78 valence electrons. The van der Waals surface area contributed by atoms with Crippen molar-refractivity contribution >= 4 is 10.1 Å². The van der Waals surface area contributed by atoms with Gasteiger partial charge in [-0.3, -0.25) is 4.55 Å². The second kappa shape index (κ2) is 4.90. The second-order valence-electron chi connectivity index (χ2n) is 3.13. The van der Waals surface area contributed by atoms with Gasteiger partial charge in [0, 0.05) is 25.8 Å². The van der Waals surface area contributed by atoms with Gasteiger partial charge in [-0.1, -0.05) is 0 Å². The molecule has 0 aliphatic carbocycles. The average molecular weight is 209 g/mol. The fourth-order valence-electron chi connectivity index (χ4n) is 1.29. The highest BCUT2D eigenvalue weighted by molar-refractivity contribution is 7.85. The van der Waals surface area contributed by atoms with E-state index in [0.717, 1.165) is 26.1 Å². The number of ether oxygens (including phenoxy) is 1. The van der Waals surface area contributed by atoms with Gasteiger partial charge in [0.15, 0.2) is 0 Å². The van der Waals surface area contributed by atoms with E-state index in [4.69, 9.17) is 9.29 Å². The molecule has 1 aliphatic rings. The molecule has 0 aromatic carbocycles. The van der Waals surface area contributed by atoms with E-state index in [2.05, 4.69) is 5.32 Å². The Bertz CT molecular complexity index is 233. The maximum atomic E-state index is 10.4. The highest BCUT2D eigenvalue weighted by Crippen LogP contribution is 2.05. The number of rotatable bonds is 4. The number of hydrogen-bond donors (Lipinski definition) is 2. The van der Waals surface area contributed by atoms with E-state index >= 15 is 0 Å². The lowest BCUT2D eigenvalue weighted by Crippen LogP contribution is -2.37. The van der Waals surface area contributed by atoms with Crippen molar-refractivity contribution in [3.05, 3.63) is 0 Å². The minimum Gasteiger partial charge on any atom is -0.381 e. The lowest BCUT2D eigenvalue weighted by atomic mass is 10.1. The van der Waals surface area contributed by atoms with Crippen molar-refractivity contribution < 1.29 is 17.7 Å². The summed E-state index contributed by atoms with van der Waals surface area (Å²) in [6.07, 6.45) is 1.82. The van der Waals surface area contributed by atoms with Crippen LogP contribution >= 0.6 is 0 Å². The van der Waals surface area contributed by atoms with Crippen LogP contribution < -0.4 is 5.32 Å². The van der Waals surface area contributed by atoms with Crippen LogP contribution in [0.4, 0.5) is 0 Å². The summed E-state index contributed by atoms with van der Waals surface area (Å²) in [5, 5.41) is 3.06. The van der Waals surface area contributed by atoms with Crippen molar-refractivity contribution in [1.82, 2.24) is 5.32 Å². The van der Waals surface area contributed by atoms with E-state index in [1.807, 2.05) is 0 Å². The molecule has 1 heterocycles. The van der Waals surface area contributed by atoms with Crippen LogP contribution in [0.5, 0.6) is 0 Å². The van der Waals surface area contributed by atoms with Gasteiger partial charge < -0.3 is 10.1 Å². The smallest absolute Gasteiger partial charge is 0.266 e. The fraction of sp³-hybridized carbons (Fsp3) is 1.00. The topological polar surface area (TPSA) is 75.6 Å². The molecule has 0 aromatic rings. The summed E-state index contributed by atoms with van der Waals surface area (Å²) in [4.78, 5) is 0. The predicted molar refractivity (Wildman–Crippen MR) is 48.3 cm³/mol. The summed E-state index contributed by atoms with van der Waals surface area (Å²) in [7, 11) is -3.82. The highest BCUT2D eigenvalue weighted by atomic mass is 32.2. The van der Waals surface area contributed by atoms with Gasteiger partial charge in [0.25, 0.3) is 10.1 Å².